The van der Waals surface area contributed by atoms with Crippen LogP contribution in [-0.2, 0) is 14.3 Å². The molecule has 0 saturated carbocycles. The molecule has 2 unspecified atom stereocenters. The molecule has 0 bridgehead atoms. The number of amides is 1. The summed E-state index contributed by atoms with van der Waals surface area (Å²) in [4.78, 5) is 24.7. The molecule has 1 amide bonds. The largest absolute Gasteiger partial charge is 0.466 e. The Morgan fingerprint density at radius 1 is 0.297 bits per heavy atom. The Labute approximate surface area is 571 Å². The van der Waals surface area contributed by atoms with E-state index in [1.54, 1.807) is 6.08 Å². The summed E-state index contributed by atoms with van der Waals surface area (Å²) in [6, 6.07) is -0.624. The van der Waals surface area contributed by atoms with E-state index in [-0.39, 0.29) is 18.5 Å². The number of carbonyl (C=O) groups excluding carboxylic acids is 2. The number of nitrogens with one attached hydrogen (secondary N) is 1. The van der Waals surface area contributed by atoms with E-state index in [1.807, 2.05) is 6.08 Å². The molecule has 0 spiro atoms. The third kappa shape index (κ3) is 77.5. The standard InChI is InChI=1S/C85H167NO5/c1-3-5-7-9-11-13-15-17-19-20-21-22-40-43-46-50-53-57-61-65-69-73-77-83(88)82(81-87)86-84(89)78-74-70-66-62-58-54-51-47-44-41-38-36-34-32-30-28-26-24-23-25-27-29-31-33-35-37-39-42-45-48-52-56-60-64-68-72-76-80-91-85(90)79-75-71-67-63-59-55-49-18-16-14-12-10-8-6-4-2/h73,77,82-83,87-88H,3-72,74-76,78-81H2,1-2H3,(H,86,89)/b77-73+. The second-order valence-electron chi connectivity index (χ2n) is 29.5. The number of esters is 1. The molecule has 6 nitrogen and oxygen atoms in total. The molecule has 0 aliphatic rings. The highest BCUT2D eigenvalue weighted by atomic mass is 16.5. The molecule has 0 aromatic heterocycles. The van der Waals surface area contributed by atoms with Gasteiger partial charge in [-0.15, -0.1) is 0 Å². The number of carbonyl (C=O) groups is 2. The maximum Gasteiger partial charge on any atom is 0.305 e. The molecule has 0 heterocycles. The molecule has 91 heavy (non-hydrogen) atoms. The number of hydrogen-bond acceptors (Lipinski definition) is 5. The number of unbranched alkanes of at least 4 members (excludes halogenated alkanes) is 70. The SMILES string of the molecule is CCCCCCCCCCCCCCCCCCCCCC/C=C/C(O)C(CO)NC(=O)CCCCCCCCCCCCCCCCCCCCCCCCCCCCCCCCCCCCCCCOC(=O)CCCCCCCCCCCCCCCCC. The highest BCUT2D eigenvalue weighted by Crippen LogP contribution is 2.21. The van der Waals surface area contributed by atoms with Crippen molar-refractivity contribution in [3.8, 4) is 0 Å². The van der Waals surface area contributed by atoms with Gasteiger partial charge in [0.05, 0.1) is 25.4 Å². The molecule has 0 aliphatic heterocycles. The molecule has 0 aliphatic carbocycles. The third-order valence-electron chi connectivity index (χ3n) is 20.3. The van der Waals surface area contributed by atoms with Crippen molar-refractivity contribution in [3.05, 3.63) is 12.2 Å². The van der Waals surface area contributed by atoms with Gasteiger partial charge in [-0.05, 0) is 32.1 Å². The zero-order chi connectivity index (χ0) is 65.6. The lowest BCUT2D eigenvalue weighted by atomic mass is 10.0. The van der Waals surface area contributed by atoms with Gasteiger partial charge in [0, 0.05) is 12.8 Å². The molecule has 0 radical (unpaired) electrons. The van der Waals surface area contributed by atoms with Crippen molar-refractivity contribution in [1.82, 2.24) is 5.32 Å². The molecule has 542 valence electrons. The summed E-state index contributed by atoms with van der Waals surface area (Å²) >= 11 is 0. The molecular formula is C85H167NO5. The van der Waals surface area contributed by atoms with Crippen molar-refractivity contribution in [2.24, 2.45) is 0 Å². The predicted octanol–water partition coefficient (Wildman–Crippen LogP) is 28.2. The van der Waals surface area contributed by atoms with E-state index in [0.717, 1.165) is 38.5 Å². The highest BCUT2D eigenvalue weighted by molar-refractivity contribution is 5.76. The van der Waals surface area contributed by atoms with Crippen LogP contribution in [0.2, 0.25) is 0 Å². The van der Waals surface area contributed by atoms with Crippen LogP contribution in [0.25, 0.3) is 0 Å². The minimum absolute atomic E-state index is 0.0274. The van der Waals surface area contributed by atoms with Crippen LogP contribution in [0, 0.1) is 0 Å². The quantitative estimate of drug-likeness (QED) is 0.0320. The summed E-state index contributed by atoms with van der Waals surface area (Å²) in [5.41, 5.74) is 0. The lowest BCUT2D eigenvalue weighted by Gasteiger charge is -2.20. The first kappa shape index (κ1) is 89.6. The van der Waals surface area contributed by atoms with E-state index in [1.165, 1.54) is 430 Å². The average Bonchev–Trinajstić information content (AvgIpc) is 3.67. The van der Waals surface area contributed by atoms with Gasteiger partial charge in [0.25, 0.3) is 0 Å². The van der Waals surface area contributed by atoms with Crippen molar-refractivity contribution in [1.29, 1.82) is 0 Å². The van der Waals surface area contributed by atoms with E-state index in [2.05, 4.69) is 19.2 Å². The third-order valence-corrected chi connectivity index (χ3v) is 20.3. The monoisotopic (exact) mass is 1280 g/mol. The fourth-order valence-electron chi connectivity index (χ4n) is 13.9. The summed E-state index contributed by atoms with van der Waals surface area (Å²) in [5, 5.41) is 23.3. The number of aliphatic hydroxyl groups is 2. The molecule has 2 atom stereocenters. The van der Waals surface area contributed by atoms with E-state index >= 15 is 0 Å². The highest BCUT2D eigenvalue weighted by Gasteiger charge is 2.18. The van der Waals surface area contributed by atoms with Crippen LogP contribution in [0.3, 0.4) is 0 Å². The van der Waals surface area contributed by atoms with E-state index in [9.17, 15) is 19.8 Å². The van der Waals surface area contributed by atoms with Crippen LogP contribution >= 0.6 is 0 Å². The first-order valence-corrected chi connectivity index (χ1v) is 42.5. The van der Waals surface area contributed by atoms with E-state index in [4.69, 9.17) is 4.74 Å². The lowest BCUT2D eigenvalue weighted by Crippen LogP contribution is -2.45. The smallest absolute Gasteiger partial charge is 0.305 e. The summed E-state index contributed by atoms with van der Waals surface area (Å²) < 4.78 is 5.51. The van der Waals surface area contributed by atoms with Gasteiger partial charge in [0.1, 0.15) is 0 Å². The molecule has 0 aromatic rings. The second-order valence-corrected chi connectivity index (χ2v) is 29.5. The number of hydrogen-bond donors (Lipinski definition) is 3. The lowest BCUT2D eigenvalue weighted by molar-refractivity contribution is -0.143. The molecule has 0 aromatic carbocycles. The Bertz CT molecular complexity index is 1380. The van der Waals surface area contributed by atoms with Crippen LogP contribution in [0.1, 0.15) is 495 Å². The summed E-state index contributed by atoms with van der Waals surface area (Å²) in [7, 11) is 0. The molecule has 6 heteroatoms. The van der Waals surface area contributed by atoms with Gasteiger partial charge in [-0.25, -0.2) is 0 Å². The van der Waals surface area contributed by atoms with Crippen molar-refractivity contribution < 1.29 is 24.5 Å². The summed E-state index contributed by atoms with van der Waals surface area (Å²) in [6.07, 6.45) is 104. The van der Waals surface area contributed by atoms with Crippen LogP contribution in [0.4, 0.5) is 0 Å². The zero-order valence-corrected chi connectivity index (χ0v) is 62.4. The van der Waals surface area contributed by atoms with Crippen LogP contribution in [-0.4, -0.2) is 47.4 Å². The van der Waals surface area contributed by atoms with Crippen LogP contribution in [0.5, 0.6) is 0 Å². The molecule has 0 fully saturated rings. The fraction of sp³-hybridized carbons (Fsp3) is 0.953. The second kappa shape index (κ2) is 81.0. The molecule has 3 N–H and O–H groups in total. The van der Waals surface area contributed by atoms with Gasteiger partial charge >= 0.3 is 5.97 Å². The van der Waals surface area contributed by atoms with Crippen molar-refractivity contribution in [2.75, 3.05) is 13.2 Å². The minimum atomic E-state index is -0.841. The molecule has 0 saturated heterocycles. The first-order chi connectivity index (χ1) is 45.0. The van der Waals surface area contributed by atoms with Gasteiger partial charge in [0.15, 0.2) is 0 Å². The maximum atomic E-state index is 12.6. The Kier molecular flexibility index (Phi) is 79.8. The number of ether oxygens (including phenoxy) is 1. The van der Waals surface area contributed by atoms with Gasteiger partial charge in [-0.1, -0.05) is 463 Å². The van der Waals surface area contributed by atoms with Crippen molar-refractivity contribution in [2.45, 2.75) is 508 Å². The van der Waals surface area contributed by atoms with Gasteiger partial charge < -0.3 is 20.3 Å². The van der Waals surface area contributed by atoms with Gasteiger partial charge in [-0.2, -0.15) is 0 Å². The number of allylic oxidation sites excluding steroid dienone is 1. The average molecular weight is 1280 g/mol. The maximum absolute atomic E-state index is 12.6. The zero-order valence-electron chi connectivity index (χ0n) is 62.4. The van der Waals surface area contributed by atoms with Crippen LogP contribution < -0.4 is 5.32 Å². The Hall–Kier alpha value is -1.40. The number of rotatable bonds is 81. The van der Waals surface area contributed by atoms with E-state index in [0.29, 0.717) is 19.4 Å². The summed E-state index contributed by atoms with van der Waals surface area (Å²) in [5.74, 6) is -0.0291. The van der Waals surface area contributed by atoms with Gasteiger partial charge in [0.2, 0.25) is 5.91 Å². The Balaban J connectivity index is 3.31. The molecule has 0 rings (SSSR count). The summed E-state index contributed by atoms with van der Waals surface area (Å²) in [6.45, 7) is 4.97. The Morgan fingerprint density at radius 3 is 0.747 bits per heavy atom. The normalized spacial score (nSPS) is 12.4. The predicted molar refractivity (Wildman–Crippen MR) is 403 cm³/mol. The van der Waals surface area contributed by atoms with E-state index < -0.39 is 12.1 Å². The van der Waals surface area contributed by atoms with Crippen LogP contribution in [0.15, 0.2) is 12.2 Å². The van der Waals surface area contributed by atoms with Crippen molar-refractivity contribution in [3.63, 3.8) is 0 Å². The Morgan fingerprint density at radius 2 is 0.505 bits per heavy atom. The van der Waals surface area contributed by atoms with Gasteiger partial charge in [-0.3, -0.25) is 9.59 Å². The minimum Gasteiger partial charge on any atom is -0.466 e. The van der Waals surface area contributed by atoms with Crippen molar-refractivity contribution >= 4 is 11.9 Å². The topological polar surface area (TPSA) is 95.9 Å². The molecular weight excluding hydrogens is 1110 g/mol. The fourth-order valence-corrected chi connectivity index (χ4v) is 13.9. The first-order valence-electron chi connectivity index (χ1n) is 42.5. The number of aliphatic hydroxyl groups excluding tert-OH is 2.